The number of nitrogens with two attached hydrogens (primary N) is 1. The molecule has 1 heterocycles. The van der Waals surface area contributed by atoms with Gasteiger partial charge < -0.3 is 10.6 Å². The molecule has 0 aromatic heterocycles. The molecular weight excluding hydrogens is 354 g/mol. The van der Waals surface area contributed by atoms with Crippen LogP contribution in [0.2, 0.25) is 0 Å². The first kappa shape index (κ1) is 16.7. The van der Waals surface area contributed by atoms with Gasteiger partial charge in [-0.25, -0.2) is 8.42 Å². The van der Waals surface area contributed by atoms with Gasteiger partial charge in [0.15, 0.2) is 0 Å². The summed E-state index contributed by atoms with van der Waals surface area (Å²) >= 11 is 3.32. The lowest BCUT2D eigenvalue weighted by Gasteiger charge is -2.29. The number of halogens is 1. The van der Waals surface area contributed by atoms with Gasteiger partial charge in [-0.2, -0.15) is 4.31 Å². The van der Waals surface area contributed by atoms with Gasteiger partial charge in [0, 0.05) is 23.6 Å². The molecule has 1 aromatic rings. The molecule has 2 N–H and O–H groups in total. The van der Waals surface area contributed by atoms with Crippen LogP contribution in [0.5, 0.6) is 0 Å². The van der Waals surface area contributed by atoms with Crippen LogP contribution in [0.25, 0.3) is 0 Å². The van der Waals surface area contributed by atoms with E-state index >= 15 is 0 Å². The second-order valence-corrected chi connectivity index (χ2v) is 8.25. The molecule has 1 aliphatic rings. The zero-order valence-electron chi connectivity index (χ0n) is 12.4. The number of benzene rings is 1. The highest BCUT2D eigenvalue weighted by Crippen LogP contribution is 2.29. The molecule has 0 amide bonds. The zero-order valence-corrected chi connectivity index (χ0v) is 14.8. The van der Waals surface area contributed by atoms with E-state index in [2.05, 4.69) is 20.8 Å². The second kappa shape index (κ2) is 6.64. The summed E-state index contributed by atoms with van der Waals surface area (Å²) in [5, 5.41) is 0. The van der Waals surface area contributed by atoms with Gasteiger partial charge in [0.2, 0.25) is 10.0 Å². The highest BCUT2D eigenvalue weighted by Gasteiger charge is 2.33. The predicted octanol–water partition coefficient (Wildman–Crippen LogP) is 2.14. The van der Waals surface area contributed by atoms with Gasteiger partial charge in [-0.05, 0) is 44.6 Å². The molecule has 1 atom stereocenters. The summed E-state index contributed by atoms with van der Waals surface area (Å²) in [6, 6.07) is 4.95. The minimum absolute atomic E-state index is 0.0131. The van der Waals surface area contributed by atoms with Crippen molar-refractivity contribution in [2.24, 2.45) is 0 Å². The van der Waals surface area contributed by atoms with Crippen LogP contribution in [-0.4, -0.2) is 50.3 Å². The highest BCUT2D eigenvalue weighted by atomic mass is 79.9. The Bertz CT molecular complexity index is 606. The van der Waals surface area contributed by atoms with E-state index in [1.807, 2.05) is 14.0 Å². The van der Waals surface area contributed by atoms with E-state index in [9.17, 15) is 8.42 Å². The SMILES string of the molecule is CCC1CN(C)CCCN1S(=O)(=O)c1cc(Br)ccc1N. The average molecular weight is 376 g/mol. The number of hydrogen-bond donors (Lipinski definition) is 1. The molecular formula is C14H22BrN3O2S. The fourth-order valence-electron chi connectivity index (χ4n) is 2.73. The van der Waals surface area contributed by atoms with Gasteiger partial charge in [0.1, 0.15) is 4.90 Å². The maximum atomic E-state index is 13.0. The Kier molecular flexibility index (Phi) is 5.29. The molecule has 118 valence electrons. The van der Waals surface area contributed by atoms with E-state index in [0.29, 0.717) is 12.2 Å². The molecule has 0 aliphatic carbocycles. The highest BCUT2D eigenvalue weighted by molar-refractivity contribution is 9.10. The first-order chi connectivity index (χ1) is 9.86. The lowest BCUT2D eigenvalue weighted by atomic mass is 10.2. The fraction of sp³-hybridized carbons (Fsp3) is 0.571. The van der Waals surface area contributed by atoms with Crippen LogP contribution in [0.1, 0.15) is 19.8 Å². The molecule has 0 bridgehead atoms. The molecule has 2 rings (SSSR count). The van der Waals surface area contributed by atoms with Gasteiger partial charge in [-0.15, -0.1) is 0 Å². The maximum Gasteiger partial charge on any atom is 0.245 e. The maximum absolute atomic E-state index is 13.0. The number of anilines is 1. The Balaban J connectivity index is 2.43. The summed E-state index contributed by atoms with van der Waals surface area (Å²) < 4.78 is 28.3. The van der Waals surface area contributed by atoms with Crippen molar-refractivity contribution in [3.63, 3.8) is 0 Å². The van der Waals surface area contributed by atoms with E-state index in [1.54, 1.807) is 22.5 Å². The molecule has 0 spiro atoms. The smallest absolute Gasteiger partial charge is 0.245 e. The third kappa shape index (κ3) is 3.59. The van der Waals surface area contributed by atoms with Crippen LogP contribution in [-0.2, 0) is 10.0 Å². The Morgan fingerprint density at radius 1 is 1.38 bits per heavy atom. The van der Waals surface area contributed by atoms with Gasteiger partial charge in [0.05, 0.1) is 5.69 Å². The summed E-state index contributed by atoms with van der Waals surface area (Å²) in [6.07, 6.45) is 1.62. The van der Waals surface area contributed by atoms with E-state index in [1.165, 1.54) is 0 Å². The van der Waals surface area contributed by atoms with Crippen molar-refractivity contribution >= 4 is 31.6 Å². The van der Waals surface area contributed by atoms with Crippen LogP contribution >= 0.6 is 15.9 Å². The van der Waals surface area contributed by atoms with Gasteiger partial charge in [0.25, 0.3) is 0 Å². The lowest BCUT2D eigenvalue weighted by Crippen LogP contribution is -2.43. The molecule has 1 saturated heterocycles. The first-order valence-electron chi connectivity index (χ1n) is 7.11. The number of likely N-dealkylation sites (N-methyl/N-ethyl adjacent to an activating group) is 1. The summed E-state index contributed by atoms with van der Waals surface area (Å²) in [5.41, 5.74) is 6.20. The van der Waals surface area contributed by atoms with Crippen molar-refractivity contribution in [1.29, 1.82) is 0 Å². The van der Waals surface area contributed by atoms with Gasteiger partial charge in [-0.1, -0.05) is 22.9 Å². The minimum Gasteiger partial charge on any atom is -0.398 e. The Morgan fingerprint density at radius 2 is 2.10 bits per heavy atom. The quantitative estimate of drug-likeness (QED) is 0.821. The molecule has 21 heavy (non-hydrogen) atoms. The van der Waals surface area contributed by atoms with E-state index < -0.39 is 10.0 Å². The summed E-state index contributed by atoms with van der Waals surface area (Å²) in [5.74, 6) is 0. The Morgan fingerprint density at radius 3 is 2.76 bits per heavy atom. The van der Waals surface area contributed by atoms with E-state index in [0.717, 1.165) is 30.4 Å². The van der Waals surface area contributed by atoms with E-state index in [4.69, 9.17) is 5.73 Å². The van der Waals surface area contributed by atoms with Gasteiger partial charge in [-0.3, -0.25) is 0 Å². The summed E-state index contributed by atoms with van der Waals surface area (Å²) in [4.78, 5) is 2.38. The standard InChI is InChI=1S/C14H22BrN3O2S/c1-3-12-10-17(2)7-4-8-18(12)21(19,20)14-9-11(15)5-6-13(14)16/h5-6,9,12H,3-4,7-8,10,16H2,1-2H3. The van der Waals surface area contributed by atoms with Crippen molar-refractivity contribution in [1.82, 2.24) is 9.21 Å². The molecule has 0 radical (unpaired) electrons. The number of rotatable bonds is 3. The predicted molar refractivity (Wildman–Crippen MR) is 88.6 cm³/mol. The summed E-state index contributed by atoms with van der Waals surface area (Å²) in [6.45, 7) is 4.23. The monoisotopic (exact) mass is 375 g/mol. The topological polar surface area (TPSA) is 66.6 Å². The zero-order chi connectivity index (χ0) is 15.6. The average Bonchev–Trinajstić information content (AvgIpc) is 2.63. The van der Waals surface area contributed by atoms with Crippen LogP contribution in [0.4, 0.5) is 5.69 Å². The van der Waals surface area contributed by atoms with Crippen LogP contribution in [0.15, 0.2) is 27.6 Å². The molecule has 1 unspecified atom stereocenters. The van der Waals surface area contributed by atoms with Crippen molar-refractivity contribution in [3.05, 3.63) is 22.7 Å². The van der Waals surface area contributed by atoms with Crippen molar-refractivity contribution in [2.45, 2.75) is 30.7 Å². The molecule has 0 saturated carbocycles. The number of sulfonamides is 1. The third-order valence-corrected chi connectivity index (χ3v) is 6.38. The van der Waals surface area contributed by atoms with Crippen molar-refractivity contribution in [2.75, 3.05) is 32.4 Å². The minimum atomic E-state index is -3.57. The van der Waals surface area contributed by atoms with Crippen LogP contribution in [0.3, 0.4) is 0 Å². The van der Waals surface area contributed by atoms with E-state index in [-0.39, 0.29) is 10.9 Å². The molecule has 1 fully saturated rings. The Labute approximate surface area is 135 Å². The van der Waals surface area contributed by atoms with Crippen LogP contribution in [0, 0.1) is 0 Å². The van der Waals surface area contributed by atoms with Gasteiger partial charge >= 0.3 is 0 Å². The Hall–Kier alpha value is -0.630. The fourth-order valence-corrected chi connectivity index (χ4v) is 5.11. The third-order valence-electron chi connectivity index (χ3n) is 3.88. The molecule has 7 heteroatoms. The van der Waals surface area contributed by atoms with Crippen LogP contribution < -0.4 is 5.73 Å². The van der Waals surface area contributed by atoms with Crippen molar-refractivity contribution < 1.29 is 8.42 Å². The number of nitrogen functional groups attached to an aromatic ring is 1. The first-order valence-corrected chi connectivity index (χ1v) is 9.35. The largest absolute Gasteiger partial charge is 0.398 e. The normalized spacial score (nSPS) is 22.1. The number of nitrogens with zero attached hydrogens (tertiary/aromatic N) is 2. The molecule has 1 aromatic carbocycles. The molecule has 5 nitrogen and oxygen atoms in total. The molecule has 1 aliphatic heterocycles. The summed E-state index contributed by atoms with van der Waals surface area (Å²) in [7, 11) is -1.54. The lowest BCUT2D eigenvalue weighted by molar-refractivity contribution is 0.270. The second-order valence-electron chi connectivity index (χ2n) is 5.48. The van der Waals surface area contributed by atoms with Crippen molar-refractivity contribution in [3.8, 4) is 0 Å². The number of hydrogen-bond acceptors (Lipinski definition) is 4.